The van der Waals surface area contributed by atoms with Gasteiger partial charge in [0.05, 0.1) is 0 Å². The van der Waals surface area contributed by atoms with Gasteiger partial charge in [0.2, 0.25) is 0 Å². The van der Waals surface area contributed by atoms with Crippen molar-refractivity contribution < 1.29 is 14.6 Å². The summed E-state index contributed by atoms with van der Waals surface area (Å²) in [5, 5.41) is 8.79. The van der Waals surface area contributed by atoms with Gasteiger partial charge in [-0.15, -0.1) is 0 Å². The van der Waals surface area contributed by atoms with Crippen LogP contribution in [0.3, 0.4) is 0 Å². The number of aliphatic carboxylic acids is 1. The van der Waals surface area contributed by atoms with E-state index < -0.39 is 5.97 Å². The molecule has 1 aromatic rings. The minimum absolute atomic E-state index is 0.328. The monoisotopic (exact) mass is 298 g/mol. The first-order valence-electron chi connectivity index (χ1n) is 7.36. The molecular weight excluding hydrogens is 276 g/mol. The number of hydrogen-bond donors (Lipinski definition) is 1. The third kappa shape index (κ3) is 4.10. The Hall–Kier alpha value is -2.29. The minimum Gasteiger partial charge on any atom is -0.483 e. The van der Waals surface area contributed by atoms with Crippen LogP contribution in [0.2, 0.25) is 0 Å². The van der Waals surface area contributed by atoms with Gasteiger partial charge in [0, 0.05) is 11.6 Å². The highest BCUT2D eigenvalue weighted by molar-refractivity contribution is 5.85. The van der Waals surface area contributed by atoms with Gasteiger partial charge in [0.1, 0.15) is 11.4 Å². The van der Waals surface area contributed by atoms with Crippen LogP contribution in [0, 0.1) is 0 Å². The highest BCUT2D eigenvalue weighted by atomic mass is 16.5. The van der Waals surface area contributed by atoms with Crippen molar-refractivity contribution in [2.75, 3.05) is 0 Å². The fraction of sp³-hybridized carbons (Fsp3) is 0.316. The lowest BCUT2D eigenvalue weighted by Crippen LogP contribution is -2.28. The Morgan fingerprint density at radius 3 is 2.68 bits per heavy atom. The lowest BCUT2D eigenvalue weighted by atomic mass is 9.95. The number of carboxylic acids is 1. The Kier molecular flexibility index (Phi) is 4.55. The predicted molar refractivity (Wildman–Crippen MR) is 90.0 cm³/mol. The van der Waals surface area contributed by atoms with E-state index in [2.05, 4.69) is 19.9 Å². The van der Waals surface area contributed by atoms with Gasteiger partial charge in [0.15, 0.2) is 0 Å². The average Bonchev–Trinajstić information content (AvgIpc) is 2.42. The molecule has 1 aromatic carbocycles. The summed E-state index contributed by atoms with van der Waals surface area (Å²) in [6.45, 7) is 8.17. The van der Waals surface area contributed by atoms with E-state index in [1.165, 1.54) is 5.57 Å². The van der Waals surface area contributed by atoms with Gasteiger partial charge in [0.25, 0.3) is 0 Å². The fourth-order valence-electron chi connectivity index (χ4n) is 2.30. The van der Waals surface area contributed by atoms with Crippen molar-refractivity contribution in [2.45, 2.75) is 39.7 Å². The van der Waals surface area contributed by atoms with Gasteiger partial charge < -0.3 is 9.84 Å². The quantitative estimate of drug-likeness (QED) is 0.658. The fourth-order valence-corrected chi connectivity index (χ4v) is 2.30. The average molecular weight is 298 g/mol. The summed E-state index contributed by atoms with van der Waals surface area (Å²) in [4.78, 5) is 10.7. The molecule has 0 bridgehead atoms. The number of allylic oxidation sites excluding steroid dienone is 2. The molecule has 1 N–H and O–H groups in total. The Balaban J connectivity index is 2.48. The van der Waals surface area contributed by atoms with Crippen molar-refractivity contribution in [3.63, 3.8) is 0 Å². The summed E-state index contributed by atoms with van der Waals surface area (Å²) in [5.74, 6) is -0.0611. The third-order valence-corrected chi connectivity index (χ3v) is 3.39. The van der Waals surface area contributed by atoms with E-state index in [9.17, 15) is 4.79 Å². The zero-order valence-electron chi connectivity index (χ0n) is 13.5. The Labute approximate surface area is 131 Å². The molecule has 0 radical (unpaired) electrons. The zero-order valence-corrected chi connectivity index (χ0v) is 13.5. The second kappa shape index (κ2) is 6.22. The molecule has 1 aliphatic rings. The summed E-state index contributed by atoms with van der Waals surface area (Å²) in [5.41, 5.74) is 3.84. The third-order valence-electron chi connectivity index (χ3n) is 3.39. The summed E-state index contributed by atoms with van der Waals surface area (Å²) in [7, 11) is 0. The van der Waals surface area contributed by atoms with Crippen molar-refractivity contribution in [1.29, 1.82) is 0 Å². The minimum atomic E-state index is -0.948. The van der Waals surface area contributed by atoms with Crippen LogP contribution in [0.5, 0.6) is 5.75 Å². The van der Waals surface area contributed by atoms with Crippen molar-refractivity contribution in [3.8, 4) is 5.75 Å². The van der Waals surface area contributed by atoms with E-state index in [4.69, 9.17) is 9.84 Å². The maximum absolute atomic E-state index is 10.7. The van der Waals surface area contributed by atoms with Gasteiger partial charge >= 0.3 is 5.97 Å². The smallest absolute Gasteiger partial charge is 0.328 e. The number of hydrogen-bond acceptors (Lipinski definition) is 2. The number of rotatable bonds is 4. The van der Waals surface area contributed by atoms with Gasteiger partial charge in [-0.3, -0.25) is 0 Å². The largest absolute Gasteiger partial charge is 0.483 e. The molecular formula is C19H22O3. The van der Waals surface area contributed by atoms with E-state index in [-0.39, 0.29) is 5.60 Å². The van der Waals surface area contributed by atoms with Gasteiger partial charge in [-0.2, -0.15) is 0 Å². The number of carboxylic acid groups (broad SMARTS) is 1. The SMILES string of the molecule is CC(C)=CCc1cc(/C=C\C(=O)O)cc2c1OC(C)(C)C=C2. The van der Waals surface area contributed by atoms with Crippen LogP contribution >= 0.6 is 0 Å². The highest BCUT2D eigenvalue weighted by Crippen LogP contribution is 2.36. The van der Waals surface area contributed by atoms with E-state index >= 15 is 0 Å². The van der Waals surface area contributed by atoms with Gasteiger partial charge in [-0.25, -0.2) is 4.79 Å². The van der Waals surface area contributed by atoms with Crippen LogP contribution in [0.25, 0.3) is 12.2 Å². The number of benzene rings is 1. The van der Waals surface area contributed by atoms with E-state index in [0.29, 0.717) is 0 Å². The molecule has 0 atom stereocenters. The molecule has 1 aliphatic heterocycles. The van der Waals surface area contributed by atoms with Crippen LogP contribution in [-0.4, -0.2) is 16.7 Å². The molecule has 0 saturated carbocycles. The molecule has 0 amide bonds. The Morgan fingerprint density at radius 1 is 1.32 bits per heavy atom. The van der Waals surface area contributed by atoms with Crippen LogP contribution in [0.15, 0.2) is 35.9 Å². The number of ether oxygens (including phenoxy) is 1. The van der Waals surface area contributed by atoms with Crippen molar-refractivity contribution in [1.82, 2.24) is 0 Å². The zero-order chi connectivity index (χ0) is 16.3. The highest BCUT2D eigenvalue weighted by Gasteiger charge is 2.23. The van der Waals surface area contributed by atoms with E-state index in [1.54, 1.807) is 6.08 Å². The summed E-state index contributed by atoms with van der Waals surface area (Å²) in [6.07, 6.45) is 9.75. The molecule has 116 valence electrons. The topological polar surface area (TPSA) is 46.5 Å². The second-order valence-electron chi connectivity index (χ2n) is 6.29. The van der Waals surface area contributed by atoms with Crippen molar-refractivity contribution >= 4 is 18.1 Å². The van der Waals surface area contributed by atoms with Gasteiger partial charge in [-0.1, -0.05) is 17.7 Å². The molecule has 0 spiro atoms. The first kappa shape index (κ1) is 16.1. The summed E-state index contributed by atoms with van der Waals surface area (Å²) in [6, 6.07) is 3.94. The molecule has 2 rings (SSSR count). The van der Waals surface area contributed by atoms with Crippen LogP contribution in [0.4, 0.5) is 0 Å². The first-order chi connectivity index (χ1) is 10.3. The molecule has 0 fully saturated rings. The molecule has 0 aliphatic carbocycles. The predicted octanol–water partition coefficient (Wildman–Crippen LogP) is 4.48. The number of fused-ring (bicyclic) bond motifs is 1. The maximum atomic E-state index is 10.7. The summed E-state index contributed by atoms with van der Waals surface area (Å²) >= 11 is 0. The van der Waals surface area contributed by atoms with Crippen molar-refractivity contribution in [3.05, 3.63) is 52.6 Å². The normalized spacial score (nSPS) is 15.3. The van der Waals surface area contributed by atoms with E-state index in [0.717, 1.165) is 34.9 Å². The molecule has 0 unspecified atom stereocenters. The Bertz CT molecular complexity index is 672. The van der Waals surface area contributed by atoms with Crippen LogP contribution in [-0.2, 0) is 11.2 Å². The molecule has 0 aromatic heterocycles. The van der Waals surface area contributed by atoms with Crippen LogP contribution < -0.4 is 4.74 Å². The van der Waals surface area contributed by atoms with Crippen LogP contribution in [0.1, 0.15) is 44.4 Å². The molecule has 22 heavy (non-hydrogen) atoms. The molecule has 1 heterocycles. The Morgan fingerprint density at radius 2 is 2.05 bits per heavy atom. The lowest BCUT2D eigenvalue weighted by molar-refractivity contribution is -0.131. The van der Waals surface area contributed by atoms with Gasteiger partial charge in [-0.05, 0) is 69.5 Å². The molecule has 3 heteroatoms. The standard InChI is InChI=1S/C19H22O3/c1-13(2)5-7-15-11-14(6-8-17(20)21)12-16-9-10-19(3,4)22-18(15)16/h5-6,8-12H,7H2,1-4H3,(H,20,21)/b8-6-. The number of carbonyl (C=O) groups is 1. The van der Waals surface area contributed by atoms with E-state index in [1.807, 2.05) is 38.1 Å². The summed E-state index contributed by atoms with van der Waals surface area (Å²) < 4.78 is 6.11. The lowest BCUT2D eigenvalue weighted by Gasteiger charge is -2.29. The maximum Gasteiger partial charge on any atom is 0.328 e. The molecule has 3 nitrogen and oxygen atoms in total. The second-order valence-corrected chi connectivity index (χ2v) is 6.29. The van der Waals surface area contributed by atoms with Crippen molar-refractivity contribution in [2.24, 2.45) is 0 Å². The molecule has 0 saturated heterocycles. The first-order valence-corrected chi connectivity index (χ1v) is 7.36.